The lowest BCUT2D eigenvalue weighted by Gasteiger charge is -2.21. The fraction of sp³-hybridized carbons (Fsp3) is 0.533. The van der Waals surface area contributed by atoms with Crippen molar-refractivity contribution in [3.8, 4) is 0 Å². The minimum Gasteiger partial charge on any atom is -0.382 e. The monoisotopic (exact) mass is 262 g/mol. The average Bonchev–Trinajstić information content (AvgIpc) is 3.11. The number of amides is 1. The van der Waals surface area contributed by atoms with E-state index in [1.54, 1.807) is 0 Å². The number of ether oxygens (including phenoxy) is 1. The molecule has 0 spiro atoms. The summed E-state index contributed by atoms with van der Waals surface area (Å²) in [6.45, 7) is 4.61. The van der Waals surface area contributed by atoms with Crippen LogP contribution in [0.15, 0.2) is 24.3 Å². The van der Waals surface area contributed by atoms with Crippen LogP contribution in [0.25, 0.3) is 0 Å². The Hall–Kier alpha value is -1.55. The highest BCUT2D eigenvalue weighted by Gasteiger charge is 2.42. The number of carbonyl (C=O) groups is 1. The zero-order chi connectivity index (χ0) is 13.9. The van der Waals surface area contributed by atoms with E-state index in [9.17, 15) is 4.79 Å². The van der Waals surface area contributed by atoms with Crippen molar-refractivity contribution in [1.29, 1.82) is 0 Å². The van der Waals surface area contributed by atoms with E-state index in [0.717, 1.165) is 11.4 Å². The molecule has 1 atom stereocenters. The molecule has 0 aromatic heterocycles. The van der Waals surface area contributed by atoms with E-state index in [-0.39, 0.29) is 12.5 Å². The van der Waals surface area contributed by atoms with E-state index >= 15 is 0 Å². The maximum Gasteiger partial charge on any atom is 0.250 e. The van der Waals surface area contributed by atoms with Gasteiger partial charge in [-0.3, -0.25) is 4.79 Å². The minimum absolute atomic E-state index is 0.0788. The highest BCUT2D eigenvalue weighted by atomic mass is 16.5. The lowest BCUT2D eigenvalue weighted by molar-refractivity contribution is -0.119. The van der Waals surface area contributed by atoms with Crippen molar-refractivity contribution in [3.05, 3.63) is 24.3 Å². The number of rotatable bonds is 6. The number of carbonyl (C=O) groups excluding carboxylic acids is 1. The van der Waals surface area contributed by atoms with Gasteiger partial charge in [-0.05, 0) is 49.4 Å². The van der Waals surface area contributed by atoms with Gasteiger partial charge in [-0.25, -0.2) is 0 Å². The molecule has 0 saturated heterocycles. The quantitative estimate of drug-likeness (QED) is 0.828. The molecular formula is C15H22N2O2. The van der Waals surface area contributed by atoms with Crippen molar-refractivity contribution >= 4 is 17.3 Å². The Labute approximate surface area is 114 Å². The molecule has 1 aliphatic carbocycles. The van der Waals surface area contributed by atoms with Crippen LogP contribution in [0.3, 0.4) is 0 Å². The molecule has 1 aromatic rings. The molecule has 0 aliphatic heterocycles. The van der Waals surface area contributed by atoms with Crippen LogP contribution in [0.4, 0.5) is 11.4 Å². The third-order valence-electron chi connectivity index (χ3n) is 3.91. The molecule has 1 saturated carbocycles. The van der Waals surface area contributed by atoms with Gasteiger partial charge in [0, 0.05) is 24.5 Å². The molecule has 1 aromatic carbocycles. The first-order chi connectivity index (χ1) is 9.03. The summed E-state index contributed by atoms with van der Waals surface area (Å²) < 4.78 is 4.77. The second kappa shape index (κ2) is 5.61. The van der Waals surface area contributed by atoms with Crippen LogP contribution in [-0.2, 0) is 9.53 Å². The Balaban J connectivity index is 1.89. The van der Waals surface area contributed by atoms with Crippen LogP contribution >= 0.6 is 0 Å². The zero-order valence-corrected chi connectivity index (χ0v) is 11.8. The van der Waals surface area contributed by atoms with Gasteiger partial charge >= 0.3 is 0 Å². The van der Waals surface area contributed by atoms with Crippen molar-refractivity contribution in [2.45, 2.75) is 32.7 Å². The van der Waals surface area contributed by atoms with Crippen molar-refractivity contribution in [1.82, 2.24) is 0 Å². The normalized spacial score (nSPS) is 17.6. The topological polar surface area (TPSA) is 50.4 Å². The van der Waals surface area contributed by atoms with Crippen LogP contribution in [0.5, 0.6) is 0 Å². The van der Waals surface area contributed by atoms with Gasteiger partial charge < -0.3 is 15.4 Å². The molecule has 4 nitrogen and oxygen atoms in total. The highest BCUT2D eigenvalue weighted by Crippen LogP contribution is 2.48. The Morgan fingerprint density at radius 1 is 1.32 bits per heavy atom. The van der Waals surface area contributed by atoms with Gasteiger partial charge in [0.25, 0.3) is 0 Å². The summed E-state index contributed by atoms with van der Waals surface area (Å²) in [6.07, 6.45) is 2.60. The van der Waals surface area contributed by atoms with E-state index in [0.29, 0.717) is 11.5 Å². The van der Waals surface area contributed by atoms with Crippen LogP contribution in [0, 0.1) is 5.41 Å². The van der Waals surface area contributed by atoms with Crippen LogP contribution in [0.2, 0.25) is 0 Å². The summed E-state index contributed by atoms with van der Waals surface area (Å²) in [6, 6.07) is 8.26. The second-order valence-electron chi connectivity index (χ2n) is 5.58. The number of benzene rings is 1. The molecule has 2 N–H and O–H groups in total. The molecule has 0 radical (unpaired) electrons. The Morgan fingerprint density at radius 3 is 2.42 bits per heavy atom. The zero-order valence-electron chi connectivity index (χ0n) is 11.8. The van der Waals surface area contributed by atoms with Crippen molar-refractivity contribution in [2.75, 3.05) is 24.4 Å². The Morgan fingerprint density at radius 2 is 1.89 bits per heavy atom. The molecule has 1 amide bonds. The maximum atomic E-state index is 11.4. The number of anilines is 2. The molecule has 0 heterocycles. The molecule has 1 unspecified atom stereocenters. The molecule has 4 heteroatoms. The van der Waals surface area contributed by atoms with E-state index in [2.05, 4.69) is 24.5 Å². The lowest BCUT2D eigenvalue weighted by Crippen LogP contribution is -2.24. The summed E-state index contributed by atoms with van der Waals surface area (Å²) in [7, 11) is 1.51. The van der Waals surface area contributed by atoms with E-state index < -0.39 is 0 Å². The third-order valence-corrected chi connectivity index (χ3v) is 3.91. The van der Waals surface area contributed by atoms with Crippen LogP contribution in [0.1, 0.15) is 26.7 Å². The van der Waals surface area contributed by atoms with Gasteiger partial charge in [0.1, 0.15) is 6.61 Å². The predicted octanol–water partition coefficient (Wildman–Crippen LogP) is 2.87. The molecule has 1 fully saturated rings. The van der Waals surface area contributed by atoms with E-state index in [1.165, 1.54) is 20.0 Å². The molecule has 0 bridgehead atoms. The largest absolute Gasteiger partial charge is 0.382 e. The number of nitrogens with one attached hydrogen (secondary N) is 2. The van der Waals surface area contributed by atoms with E-state index in [1.807, 2.05) is 24.3 Å². The Kier molecular flexibility index (Phi) is 4.10. The molecule has 2 rings (SSSR count). The predicted molar refractivity (Wildman–Crippen MR) is 77.4 cm³/mol. The first-order valence-electron chi connectivity index (χ1n) is 6.69. The average molecular weight is 262 g/mol. The summed E-state index contributed by atoms with van der Waals surface area (Å²) in [5, 5.41) is 6.29. The SMILES string of the molecule is COCC(=O)Nc1ccc(NC(C)C2(C)CC2)cc1. The van der Waals surface area contributed by atoms with Crippen LogP contribution < -0.4 is 10.6 Å². The van der Waals surface area contributed by atoms with Crippen molar-refractivity contribution in [3.63, 3.8) is 0 Å². The van der Waals surface area contributed by atoms with Gasteiger partial charge in [-0.2, -0.15) is 0 Å². The molecule has 19 heavy (non-hydrogen) atoms. The summed E-state index contributed by atoms with van der Waals surface area (Å²) in [5.41, 5.74) is 2.33. The number of hydrogen-bond acceptors (Lipinski definition) is 3. The smallest absolute Gasteiger partial charge is 0.250 e. The van der Waals surface area contributed by atoms with Crippen molar-refractivity contribution in [2.24, 2.45) is 5.41 Å². The molecule has 104 valence electrons. The fourth-order valence-corrected chi connectivity index (χ4v) is 2.03. The highest BCUT2D eigenvalue weighted by molar-refractivity contribution is 5.91. The fourth-order valence-electron chi connectivity index (χ4n) is 2.03. The summed E-state index contributed by atoms with van der Waals surface area (Å²) >= 11 is 0. The second-order valence-corrected chi connectivity index (χ2v) is 5.58. The standard InChI is InChI=1S/C15H22N2O2/c1-11(15(2)8-9-15)16-12-4-6-13(7-5-12)17-14(18)10-19-3/h4-7,11,16H,8-10H2,1-3H3,(H,17,18). The number of hydrogen-bond donors (Lipinski definition) is 2. The Bertz CT molecular complexity index is 438. The van der Waals surface area contributed by atoms with Gasteiger partial charge in [0.2, 0.25) is 5.91 Å². The summed E-state index contributed by atoms with van der Waals surface area (Å²) in [4.78, 5) is 11.4. The van der Waals surface area contributed by atoms with Crippen LogP contribution in [-0.4, -0.2) is 25.7 Å². The van der Waals surface area contributed by atoms with Gasteiger partial charge in [0.05, 0.1) is 0 Å². The van der Waals surface area contributed by atoms with E-state index in [4.69, 9.17) is 4.74 Å². The lowest BCUT2D eigenvalue weighted by atomic mass is 10.0. The minimum atomic E-state index is -0.137. The van der Waals surface area contributed by atoms with Gasteiger partial charge in [-0.1, -0.05) is 6.92 Å². The van der Waals surface area contributed by atoms with Gasteiger partial charge in [-0.15, -0.1) is 0 Å². The maximum absolute atomic E-state index is 11.4. The third kappa shape index (κ3) is 3.70. The first-order valence-corrected chi connectivity index (χ1v) is 6.69. The number of methoxy groups -OCH3 is 1. The summed E-state index contributed by atoms with van der Waals surface area (Å²) in [5.74, 6) is -0.137. The first kappa shape index (κ1) is 13.9. The van der Waals surface area contributed by atoms with Gasteiger partial charge in [0.15, 0.2) is 0 Å². The van der Waals surface area contributed by atoms with Crippen molar-refractivity contribution < 1.29 is 9.53 Å². The molecular weight excluding hydrogens is 240 g/mol. The molecule has 1 aliphatic rings.